The van der Waals surface area contributed by atoms with Crippen LogP contribution in [-0.2, 0) is 9.53 Å². The maximum absolute atomic E-state index is 13.6. The number of carbonyl (C=O) groups excluding carboxylic acids is 2. The summed E-state index contributed by atoms with van der Waals surface area (Å²) in [5, 5.41) is -0.263. The highest BCUT2D eigenvalue weighted by molar-refractivity contribution is 8.18. The van der Waals surface area contributed by atoms with E-state index < -0.39 is 0 Å². The first-order valence-electron chi connectivity index (χ1n) is 8.61. The number of hydrogen-bond donors (Lipinski definition) is 0. The van der Waals surface area contributed by atoms with Crippen LogP contribution in [0.4, 0.5) is 9.18 Å². The Morgan fingerprint density at radius 2 is 2.00 bits per heavy atom. The molecule has 0 spiro atoms. The van der Waals surface area contributed by atoms with Crippen LogP contribution in [0.3, 0.4) is 0 Å². The smallest absolute Gasteiger partial charge is 0.293 e. The number of halogens is 1. The van der Waals surface area contributed by atoms with E-state index in [0.29, 0.717) is 24.5 Å². The van der Waals surface area contributed by atoms with Crippen molar-refractivity contribution < 1.29 is 18.7 Å². The van der Waals surface area contributed by atoms with E-state index in [4.69, 9.17) is 4.74 Å². The SMILES string of the molecule is COCCCN1C(=O)S/C(=C/c2cc(C)n(-c3cccc(F)c3)c2C)C1=O. The minimum atomic E-state index is -0.307. The van der Waals surface area contributed by atoms with Crippen LogP contribution in [0.5, 0.6) is 0 Å². The predicted molar refractivity (Wildman–Crippen MR) is 104 cm³/mol. The monoisotopic (exact) mass is 388 g/mol. The van der Waals surface area contributed by atoms with Gasteiger partial charge in [-0.1, -0.05) is 6.07 Å². The molecule has 1 fully saturated rings. The lowest BCUT2D eigenvalue weighted by molar-refractivity contribution is -0.122. The van der Waals surface area contributed by atoms with E-state index in [1.54, 1.807) is 19.3 Å². The van der Waals surface area contributed by atoms with Crippen molar-refractivity contribution in [2.24, 2.45) is 0 Å². The molecule has 0 saturated carbocycles. The van der Waals surface area contributed by atoms with E-state index in [-0.39, 0.29) is 17.0 Å². The number of nitrogens with zero attached hydrogens (tertiary/aromatic N) is 2. The number of methoxy groups -OCH3 is 1. The molecule has 0 bridgehead atoms. The number of amides is 2. The standard InChI is InChI=1S/C20H21FN2O3S/c1-13-10-15(14(2)23(13)17-7-4-6-16(21)12-17)11-18-19(24)22(20(25)27-18)8-5-9-26-3/h4,6-7,10-12H,5,8-9H2,1-3H3/b18-11+. The van der Waals surface area contributed by atoms with Gasteiger partial charge in [0.1, 0.15) is 5.82 Å². The number of rotatable bonds is 6. The summed E-state index contributed by atoms with van der Waals surface area (Å²) in [6.45, 7) is 4.67. The van der Waals surface area contributed by atoms with Crippen LogP contribution >= 0.6 is 11.8 Å². The van der Waals surface area contributed by atoms with Crippen LogP contribution in [0, 0.1) is 19.7 Å². The van der Waals surface area contributed by atoms with Gasteiger partial charge < -0.3 is 9.30 Å². The van der Waals surface area contributed by atoms with Crippen LogP contribution in [0.15, 0.2) is 35.2 Å². The summed E-state index contributed by atoms with van der Waals surface area (Å²) < 4.78 is 20.5. The lowest BCUT2D eigenvalue weighted by Crippen LogP contribution is -2.29. The number of imide groups is 1. The third kappa shape index (κ3) is 3.99. The van der Waals surface area contributed by atoms with Crippen molar-refractivity contribution in [3.8, 4) is 5.69 Å². The molecule has 27 heavy (non-hydrogen) atoms. The Kier molecular flexibility index (Phi) is 5.82. The number of aromatic nitrogens is 1. The minimum Gasteiger partial charge on any atom is -0.385 e. The van der Waals surface area contributed by atoms with Crippen molar-refractivity contribution in [3.05, 3.63) is 58.0 Å². The Balaban J connectivity index is 1.89. The van der Waals surface area contributed by atoms with Crippen molar-refractivity contribution in [2.45, 2.75) is 20.3 Å². The molecule has 2 heterocycles. The van der Waals surface area contributed by atoms with Gasteiger partial charge in [-0.05, 0) is 67.9 Å². The van der Waals surface area contributed by atoms with Crippen LogP contribution in [-0.4, -0.2) is 40.9 Å². The summed E-state index contributed by atoms with van der Waals surface area (Å²) in [7, 11) is 1.59. The second-order valence-electron chi connectivity index (χ2n) is 6.32. The summed E-state index contributed by atoms with van der Waals surface area (Å²) in [4.78, 5) is 26.3. The van der Waals surface area contributed by atoms with Crippen molar-refractivity contribution in [1.82, 2.24) is 9.47 Å². The quantitative estimate of drug-likeness (QED) is 0.547. The molecule has 1 aromatic carbocycles. The normalized spacial score (nSPS) is 16.0. The zero-order valence-electron chi connectivity index (χ0n) is 15.5. The Hall–Kier alpha value is -2.38. The molecule has 3 rings (SSSR count). The van der Waals surface area contributed by atoms with Crippen molar-refractivity contribution in [1.29, 1.82) is 0 Å². The lowest BCUT2D eigenvalue weighted by atomic mass is 10.2. The van der Waals surface area contributed by atoms with Crippen molar-refractivity contribution in [2.75, 3.05) is 20.3 Å². The molecule has 5 nitrogen and oxygen atoms in total. The average Bonchev–Trinajstić information content (AvgIpc) is 3.05. The molecule has 2 amide bonds. The number of thioether (sulfide) groups is 1. The third-order valence-electron chi connectivity index (χ3n) is 4.43. The fourth-order valence-electron chi connectivity index (χ4n) is 3.15. The number of carbonyl (C=O) groups is 2. The molecule has 1 aromatic heterocycles. The molecule has 142 valence electrons. The second kappa shape index (κ2) is 8.10. The van der Waals surface area contributed by atoms with E-state index in [1.165, 1.54) is 17.0 Å². The fraction of sp³-hybridized carbons (Fsp3) is 0.300. The molecule has 0 N–H and O–H groups in total. The predicted octanol–water partition coefficient (Wildman–Crippen LogP) is 4.31. The summed E-state index contributed by atoms with van der Waals surface area (Å²) in [5.41, 5.74) is 3.35. The van der Waals surface area contributed by atoms with Crippen molar-refractivity contribution in [3.63, 3.8) is 0 Å². The van der Waals surface area contributed by atoms with Gasteiger partial charge in [-0.25, -0.2) is 4.39 Å². The van der Waals surface area contributed by atoms with E-state index in [2.05, 4.69) is 0 Å². The van der Waals surface area contributed by atoms with Gasteiger partial charge >= 0.3 is 0 Å². The lowest BCUT2D eigenvalue weighted by Gasteiger charge is -2.11. The van der Waals surface area contributed by atoms with Crippen LogP contribution < -0.4 is 0 Å². The van der Waals surface area contributed by atoms with E-state index in [0.717, 1.165) is 34.4 Å². The molecule has 1 aliphatic heterocycles. The van der Waals surface area contributed by atoms with Gasteiger partial charge in [0.15, 0.2) is 0 Å². The largest absolute Gasteiger partial charge is 0.385 e. The molecular formula is C20H21FN2O3S. The van der Waals surface area contributed by atoms with Gasteiger partial charge in [0.2, 0.25) is 0 Å². The minimum absolute atomic E-state index is 0.263. The first kappa shape index (κ1) is 19.4. The van der Waals surface area contributed by atoms with E-state index in [1.807, 2.05) is 30.5 Å². The molecule has 0 radical (unpaired) electrons. The maximum atomic E-state index is 13.6. The Morgan fingerprint density at radius 1 is 1.22 bits per heavy atom. The fourth-order valence-corrected chi connectivity index (χ4v) is 4.00. The first-order valence-corrected chi connectivity index (χ1v) is 9.43. The first-order chi connectivity index (χ1) is 12.9. The van der Waals surface area contributed by atoms with E-state index in [9.17, 15) is 14.0 Å². The molecule has 1 saturated heterocycles. The topological polar surface area (TPSA) is 51.5 Å². The second-order valence-corrected chi connectivity index (χ2v) is 7.31. The number of ether oxygens (including phenoxy) is 1. The van der Waals surface area contributed by atoms with Gasteiger partial charge in [0, 0.05) is 37.3 Å². The van der Waals surface area contributed by atoms with Gasteiger partial charge in [-0.3, -0.25) is 14.5 Å². The Bertz CT molecular complexity index is 920. The number of hydrogen-bond acceptors (Lipinski definition) is 4. The van der Waals surface area contributed by atoms with Crippen molar-refractivity contribution >= 4 is 29.0 Å². The summed E-state index contributed by atoms with van der Waals surface area (Å²) >= 11 is 0.945. The molecular weight excluding hydrogens is 367 g/mol. The molecule has 7 heteroatoms. The van der Waals surface area contributed by atoms with Gasteiger partial charge in [0.25, 0.3) is 11.1 Å². The third-order valence-corrected chi connectivity index (χ3v) is 5.33. The summed E-state index contributed by atoms with van der Waals surface area (Å²) in [6, 6.07) is 8.29. The highest BCUT2D eigenvalue weighted by atomic mass is 32.2. The molecule has 2 aromatic rings. The average molecular weight is 388 g/mol. The zero-order chi connectivity index (χ0) is 19.6. The Morgan fingerprint density at radius 3 is 2.70 bits per heavy atom. The highest BCUT2D eigenvalue weighted by Crippen LogP contribution is 2.33. The number of aryl methyl sites for hydroxylation is 1. The van der Waals surface area contributed by atoms with Gasteiger partial charge in [-0.15, -0.1) is 0 Å². The van der Waals surface area contributed by atoms with E-state index >= 15 is 0 Å². The summed E-state index contributed by atoms with van der Waals surface area (Å²) in [6.07, 6.45) is 2.34. The molecule has 0 unspecified atom stereocenters. The zero-order valence-corrected chi connectivity index (χ0v) is 16.3. The van der Waals surface area contributed by atoms with Crippen LogP contribution in [0.2, 0.25) is 0 Å². The van der Waals surface area contributed by atoms with Gasteiger partial charge in [-0.2, -0.15) is 0 Å². The van der Waals surface area contributed by atoms with Gasteiger partial charge in [0.05, 0.1) is 4.91 Å². The van der Waals surface area contributed by atoms with Crippen LogP contribution in [0.25, 0.3) is 11.8 Å². The highest BCUT2D eigenvalue weighted by Gasteiger charge is 2.34. The molecule has 0 atom stereocenters. The molecule has 0 aliphatic carbocycles. The molecule has 1 aliphatic rings. The number of benzene rings is 1. The van der Waals surface area contributed by atoms with Crippen LogP contribution in [0.1, 0.15) is 23.4 Å². The summed E-state index contributed by atoms with van der Waals surface area (Å²) in [5.74, 6) is -0.588. The maximum Gasteiger partial charge on any atom is 0.293 e. The Labute approximate surface area is 161 Å².